The minimum absolute atomic E-state index is 0.138. The fourth-order valence-corrected chi connectivity index (χ4v) is 4.16. The van der Waals surface area contributed by atoms with E-state index in [1.54, 1.807) is 20.0 Å². The summed E-state index contributed by atoms with van der Waals surface area (Å²) in [6, 6.07) is 3.96. The molecule has 4 aromatic rings. The molecule has 1 aromatic carbocycles. The van der Waals surface area contributed by atoms with Crippen molar-refractivity contribution in [2.75, 3.05) is 5.32 Å². The van der Waals surface area contributed by atoms with E-state index in [-0.39, 0.29) is 16.5 Å². The maximum absolute atomic E-state index is 14.3. The van der Waals surface area contributed by atoms with Crippen LogP contribution in [0, 0.1) is 19.7 Å². The van der Waals surface area contributed by atoms with Gasteiger partial charge in [-0.1, -0.05) is 23.7 Å². The van der Waals surface area contributed by atoms with Crippen molar-refractivity contribution in [3.63, 3.8) is 0 Å². The molecule has 0 radical (unpaired) electrons. The number of aromatic hydroxyl groups is 1. The van der Waals surface area contributed by atoms with E-state index in [0.717, 1.165) is 10.3 Å². The maximum atomic E-state index is 14.3. The minimum Gasteiger partial charge on any atom is -0.501 e. The van der Waals surface area contributed by atoms with E-state index in [0.29, 0.717) is 17.0 Å². The molecule has 1 amide bonds. The lowest BCUT2D eigenvalue weighted by molar-refractivity contribution is 0.101. The number of halogens is 2. The molecule has 2 atom stereocenters. The number of nitrogens with zero attached hydrogens (tertiary/aromatic N) is 5. The Morgan fingerprint density at radius 3 is 2.64 bits per heavy atom. The quantitative estimate of drug-likeness (QED) is 0.397. The first kappa shape index (κ1) is 25.0. The van der Waals surface area contributed by atoms with Gasteiger partial charge in [-0.2, -0.15) is 0 Å². The summed E-state index contributed by atoms with van der Waals surface area (Å²) >= 11 is 6.48. The molecule has 10 nitrogen and oxygen atoms in total. The molecular weight excluding hydrogens is 491 g/mol. The summed E-state index contributed by atoms with van der Waals surface area (Å²) in [5, 5.41) is 16.6. The van der Waals surface area contributed by atoms with Crippen LogP contribution in [0.5, 0.6) is 5.75 Å². The molecule has 2 N–H and O–H groups in total. The molecule has 186 valence electrons. The molecule has 0 aliphatic heterocycles. The highest BCUT2D eigenvalue weighted by molar-refractivity contribution is 6.31. The largest absolute Gasteiger partial charge is 0.501 e. The third-order valence-electron chi connectivity index (χ3n) is 5.94. The Kier molecular flexibility index (Phi) is 6.84. The molecule has 3 aromatic heterocycles. The average Bonchev–Trinajstić information content (AvgIpc) is 3.35. The number of hydrogen-bond donors (Lipinski definition) is 2. The summed E-state index contributed by atoms with van der Waals surface area (Å²) in [4.78, 5) is 39.1. The first-order valence-electron chi connectivity index (χ1n) is 10.8. The summed E-state index contributed by atoms with van der Waals surface area (Å²) in [7, 11) is 1.42. The van der Waals surface area contributed by atoms with Gasteiger partial charge in [0.15, 0.2) is 5.69 Å². The van der Waals surface area contributed by atoms with E-state index < -0.39 is 40.6 Å². The van der Waals surface area contributed by atoms with E-state index in [1.807, 2.05) is 6.92 Å². The summed E-state index contributed by atoms with van der Waals surface area (Å²) in [5.41, 5.74) is 1.15. The number of aromatic nitrogens is 5. The Bertz CT molecular complexity index is 1510. The molecule has 0 aliphatic carbocycles. The molecule has 0 aliphatic rings. The Labute approximate surface area is 209 Å². The van der Waals surface area contributed by atoms with Crippen molar-refractivity contribution in [3.8, 4) is 5.75 Å². The van der Waals surface area contributed by atoms with Crippen molar-refractivity contribution in [2.45, 2.75) is 32.6 Å². The van der Waals surface area contributed by atoms with Gasteiger partial charge in [0.05, 0.1) is 23.3 Å². The number of carbonyl (C=O) groups excluding carboxylic acids is 1. The molecule has 0 spiro atoms. The number of carbonyl (C=O) groups is 1. The van der Waals surface area contributed by atoms with E-state index >= 15 is 0 Å². The van der Waals surface area contributed by atoms with Crippen LogP contribution in [0.25, 0.3) is 0 Å². The van der Waals surface area contributed by atoms with E-state index in [2.05, 4.69) is 29.9 Å². The van der Waals surface area contributed by atoms with Gasteiger partial charge in [0.2, 0.25) is 5.75 Å². The van der Waals surface area contributed by atoms with Crippen LogP contribution in [0.2, 0.25) is 5.02 Å². The second-order valence-corrected chi connectivity index (χ2v) is 8.70. The smallest absolute Gasteiger partial charge is 0.296 e. The molecule has 4 rings (SSSR count). The van der Waals surface area contributed by atoms with Gasteiger partial charge in [0.1, 0.15) is 23.6 Å². The lowest BCUT2D eigenvalue weighted by Crippen LogP contribution is -2.29. The number of rotatable bonds is 6. The summed E-state index contributed by atoms with van der Waals surface area (Å²) in [6.07, 6.45) is 3.99. The Morgan fingerprint density at radius 2 is 1.97 bits per heavy atom. The second kappa shape index (κ2) is 9.86. The zero-order valence-electron chi connectivity index (χ0n) is 19.8. The van der Waals surface area contributed by atoms with Gasteiger partial charge in [0.25, 0.3) is 11.5 Å². The highest BCUT2D eigenvalue weighted by Crippen LogP contribution is 2.40. The molecule has 0 saturated carbocycles. The number of hydrogen-bond acceptors (Lipinski definition) is 8. The van der Waals surface area contributed by atoms with Crippen molar-refractivity contribution in [1.82, 2.24) is 24.7 Å². The number of aryl methyl sites for hydroxylation is 2. The van der Waals surface area contributed by atoms with Crippen LogP contribution < -0.4 is 10.9 Å². The van der Waals surface area contributed by atoms with Gasteiger partial charge in [-0.3, -0.25) is 24.1 Å². The number of amides is 1. The van der Waals surface area contributed by atoms with Crippen molar-refractivity contribution < 1.29 is 18.8 Å². The minimum atomic E-state index is -0.840. The molecule has 12 heteroatoms. The number of anilines is 1. The summed E-state index contributed by atoms with van der Waals surface area (Å²) in [5.74, 6) is -3.40. The zero-order chi connectivity index (χ0) is 26.1. The molecule has 0 fully saturated rings. The van der Waals surface area contributed by atoms with Gasteiger partial charge in [0, 0.05) is 30.1 Å². The monoisotopic (exact) mass is 512 g/mol. The standard InChI is InChI=1S/C24H22ClFN6O4/c1-11(19(16-7-14(26)5-6-17(16)25)18-9-27-12(2)13(3)29-18)22-31-20(21(33)24(35)32(22)4)23(34)30-15-8-28-36-10-15/h5-11,19,33H,1-4H3,(H,30,34)/t11-,19+/m1/s1. The fourth-order valence-electron chi connectivity index (χ4n) is 3.93. The Hall–Kier alpha value is -4.12. The van der Waals surface area contributed by atoms with Crippen LogP contribution in [-0.2, 0) is 7.05 Å². The van der Waals surface area contributed by atoms with Gasteiger partial charge < -0.3 is 14.9 Å². The van der Waals surface area contributed by atoms with Crippen molar-refractivity contribution in [3.05, 3.63) is 92.2 Å². The molecule has 3 heterocycles. The predicted octanol–water partition coefficient (Wildman–Crippen LogP) is 3.86. The van der Waals surface area contributed by atoms with E-state index in [9.17, 15) is 19.1 Å². The molecule has 0 saturated heterocycles. The Morgan fingerprint density at radius 1 is 1.22 bits per heavy atom. The predicted molar refractivity (Wildman–Crippen MR) is 129 cm³/mol. The van der Waals surface area contributed by atoms with Gasteiger partial charge in [-0.05, 0) is 37.6 Å². The van der Waals surface area contributed by atoms with Crippen molar-refractivity contribution >= 4 is 23.2 Å². The molecular formula is C24H22ClFN6O4. The van der Waals surface area contributed by atoms with Crippen LogP contribution in [0.15, 0.2) is 46.2 Å². The molecule has 0 bridgehead atoms. The SMILES string of the molecule is Cc1ncc([C@H](c2cc(F)ccc2Cl)[C@@H](C)c2nc(C(=O)Nc3cnoc3)c(O)c(=O)n2C)nc1C. The first-order valence-corrected chi connectivity index (χ1v) is 11.2. The first-order chi connectivity index (χ1) is 17.1. The van der Waals surface area contributed by atoms with Gasteiger partial charge in [-0.15, -0.1) is 0 Å². The summed E-state index contributed by atoms with van der Waals surface area (Å²) < 4.78 is 20.1. The average molecular weight is 513 g/mol. The number of benzene rings is 1. The Balaban J connectivity index is 1.88. The van der Waals surface area contributed by atoms with Crippen LogP contribution in [0.4, 0.5) is 10.1 Å². The normalized spacial score (nSPS) is 12.8. The third-order valence-corrected chi connectivity index (χ3v) is 6.28. The third kappa shape index (κ3) is 4.69. The van der Waals surface area contributed by atoms with Crippen LogP contribution in [0.1, 0.15) is 57.7 Å². The highest BCUT2D eigenvalue weighted by Gasteiger charge is 2.32. The molecule has 0 unspecified atom stereocenters. The fraction of sp³-hybridized carbons (Fsp3) is 0.250. The van der Waals surface area contributed by atoms with Crippen LogP contribution in [0.3, 0.4) is 0 Å². The lowest BCUT2D eigenvalue weighted by Gasteiger charge is -2.26. The van der Waals surface area contributed by atoms with Gasteiger partial charge in [-0.25, -0.2) is 9.37 Å². The second-order valence-electron chi connectivity index (χ2n) is 8.30. The lowest BCUT2D eigenvalue weighted by atomic mass is 9.83. The van der Waals surface area contributed by atoms with Gasteiger partial charge >= 0.3 is 0 Å². The number of nitrogens with one attached hydrogen (secondary N) is 1. The molecule has 36 heavy (non-hydrogen) atoms. The van der Waals surface area contributed by atoms with E-state index in [4.69, 9.17) is 11.6 Å². The van der Waals surface area contributed by atoms with Crippen LogP contribution >= 0.6 is 11.6 Å². The summed E-state index contributed by atoms with van der Waals surface area (Å²) in [6.45, 7) is 5.34. The maximum Gasteiger partial charge on any atom is 0.296 e. The zero-order valence-corrected chi connectivity index (χ0v) is 20.5. The van der Waals surface area contributed by atoms with Crippen LogP contribution in [-0.4, -0.2) is 35.7 Å². The topological polar surface area (TPSA) is 136 Å². The highest BCUT2D eigenvalue weighted by atomic mass is 35.5. The van der Waals surface area contributed by atoms with Crippen molar-refractivity contribution in [2.24, 2.45) is 7.05 Å². The van der Waals surface area contributed by atoms with E-state index in [1.165, 1.54) is 37.7 Å². The van der Waals surface area contributed by atoms with Crippen molar-refractivity contribution in [1.29, 1.82) is 0 Å².